The van der Waals surface area contributed by atoms with Crippen LogP contribution in [0.2, 0.25) is 0 Å². The average molecular weight is 409 g/mol. The number of hydrogen-bond acceptors (Lipinski definition) is 3. The summed E-state index contributed by atoms with van der Waals surface area (Å²) in [5.41, 5.74) is 3.29. The van der Waals surface area contributed by atoms with Crippen LogP contribution in [0.4, 0.5) is 5.69 Å². The number of nitrogens with one attached hydrogen (secondary N) is 2. The Morgan fingerprint density at radius 3 is 2.47 bits per heavy atom. The SMILES string of the molecule is CC[C@H](Oc1ccc(C)c(C)c1)C(=O)Nc1ccccc1C(=O)NC1CCCCC1. The van der Waals surface area contributed by atoms with Crippen molar-refractivity contribution in [1.29, 1.82) is 0 Å². The van der Waals surface area contributed by atoms with Crippen molar-refractivity contribution < 1.29 is 14.3 Å². The van der Waals surface area contributed by atoms with Crippen molar-refractivity contribution in [3.8, 4) is 5.75 Å². The Hall–Kier alpha value is -2.82. The molecule has 1 atom stereocenters. The quantitative estimate of drug-likeness (QED) is 0.665. The lowest BCUT2D eigenvalue weighted by Gasteiger charge is -2.23. The van der Waals surface area contributed by atoms with Crippen molar-refractivity contribution in [1.82, 2.24) is 5.32 Å². The van der Waals surface area contributed by atoms with Gasteiger partial charge >= 0.3 is 0 Å². The molecule has 1 saturated carbocycles. The first-order chi connectivity index (χ1) is 14.5. The van der Waals surface area contributed by atoms with Gasteiger partial charge in [-0.15, -0.1) is 0 Å². The highest BCUT2D eigenvalue weighted by molar-refractivity contribution is 6.04. The summed E-state index contributed by atoms with van der Waals surface area (Å²) >= 11 is 0. The van der Waals surface area contributed by atoms with Crippen LogP contribution in [-0.2, 0) is 4.79 Å². The fraction of sp³-hybridized carbons (Fsp3) is 0.440. The van der Waals surface area contributed by atoms with Crippen LogP contribution in [0.15, 0.2) is 42.5 Å². The minimum Gasteiger partial charge on any atom is -0.481 e. The van der Waals surface area contributed by atoms with Crippen molar-refractivity contribution in [2.24, 2.45) is 0 Å². The van der Waals surface area contributed by atoms with E-state index in [1.807, 2.05) is 51.1 Å². The fourth-order valence-electron chi connectivity index (χ4n) is 3.79. The fourth-order valence-corrected chi connectivity index (χ4v) is 3.79. The van der Waals surface area contributed by atoms with E-state index in [1.54, 1.807) is 12.1 Å². The predicted molar refractivity (Wildman–Crippen MR) is 120 cm³/mol. The lowest BCUT2D eigenvalue weighted by molar-refractivity contribution is -0.122. The third-order valence-electron chi connectivity index (χ3n) is 5.79. The highest BCUT2D eigenvalue weighted by atomic mass is 16.5. The van der Waals surface area contributed by atoms with E-state index in [0.717, 1.165) is 31.2 Å². The zero-order valence-corrected chi connectivity index (χ0v) is 18.2. The summed E-state index contributed by atoms with van der Waals surface area (Å²) in [6, 6.07) is 13.2. The predicted octanol–water partition coefficient (Wildman–Crippen LogP) is 5.16. The Balaban J connectivity index is 1.68. The number of anilines is 1. The van der Waals surface area contributed by atoms with Gasteiger partial charge in [0.2, 0.25) is 0 Å². The molecular formula is C25H32N2O3. The molecule has 0 radical (unpaired) electrons. The molecule has 1 aliphatic carbocycles. The number of carbonyl (C=O) groups excluding carboxylic acids is 2. The number of hydrogen-bond donors (Lipinski definition) is 2. The molecule has 0 saturated heterocycles. The smallest absolute Gasteiger partial charge is 0.265 e. The molecule has 0 spiro atoms. The molecule has 0 aliphatic heterocycles. The van der Waals surface area contributed by atoms with E-state index in [1.165, 1.54) is 12.0 Å². The second-order valence-corrected chi connectivity index (χ2v) is 8.10. The first-order valence-corrected chi connectivity index (χ1v) is 10.9. The van der Waals surface area contributed by atoms with E-state index < -0.39 is 6.10 Å². The van der Waals surface area contributed by atoms with Gasteiger partial charge in [0.05, 0.1) is 11.3 Å². The maximum atomic E-state index is 12.9. The summed E-state index contributed by atoms with van der Waals surface area (Å²) < 4.78 is 5.94. The number of carbonyl (C=O) groups is 2. The number of amides is 2. The zero-order chi connectivity index (χ0) is 21.5. The van der Waals surface area contributed by atoms with Crippen LogP contribution in [0.25, 0.3) is 0 Å². The molecule has 2 aromatic rings. The van der Waals surface area contributed by atoms with Crippen molar-refractivity contribution in [3.05, 3.63) is 59.2 Å². The van der Waals surface area contributed by atoms with Crippen molar-refractivity contribution in [2.45, 2.75) is 71.4 Å². The number of rotatable bonds is 7. The van der Waals surface area contributed by atoms with E-state index >= 15 is 0 Å². The molecule has 2 aromatic carbocycles. The van der Waals surface area contributed by atoms with Gasteiger partial charge in [0.25, 0.3) is 11.8 Å². The van der Waals surface area contributed by atoms with Crippen LogP contribution in [0.1, 0.15) is 66.9 Å². The first-order valence-electron chi connectivity index (χ1n) is 10.9. The summed E-state index contributed by atoms with van der Waals surface area (Å²) in [5, 5.41) is 6.02. The lowest BCUT2D eigenvalue weighted by Crippen LogP contribution is -2.37. The normalized spacial score (nSPS) is 15.3. The number of aryl methyl sites for hydroxylation is 2. The minimum absolute atomic E-state index is 0.138. The van der Waals surface area contributed by atoms with Crippen molar-refractivity contribution in [3.63, 3.8) is 0 Å². The molecule has 1 fully saturated rings. The standard InChI is InChI=1S/C25H32N2O3/c1-4-23(30-20-15-14-17(2)18(3)16-20)25(29)27-22-13-9-8-12-21(22)24(28)26-19-10-6-5-7-11-19/h8-9,12-16,19,23H,4-7,10-11H2,1-3H3,(H,26,28)(H,27,29)/t23-/m0/s1. The van der Waals surface area contributed by atoms with E-state index in [-0.39, 0.29) is 17.9 Å². The Kier molecular flexibility index (Phi) is 7.50. The molecule has 30 heavy (non-hydrogen) atoms. The summed E-state index contributed by atoms with van der Waals surface area (Å²) in [7, 11) is 0. The van der Waals surface area contributed by atoms with Gasteiger partial charge in [-0.05, 0) is 68.5 Å². The molecular weight excluding hydrogens is 376 g/mol. The number of para-hydroxylation sites is 1. The number of benzene rings is 2. The molecule has 2 N–H and O–H groups in total. The number of ether oxygens (including phenoxy) is 1. The van der Waals surface area contributed by atoms with Gasteiger partial charge in [0.15, 0.2) is 6.10 Å². The van der Waals surface area contributed by atoms with Crippen LogP contribution < -0.4 is 15.4 Å². The van der Waals surface area contributed by atoms with Crippen LogP contribution in [0.3, 0.4) is 0 Å². The summed E-state index contributed by atoms with van der Waals surface area (Å²) in [6.45, 7) is 5.97. The van der Waals surface area contributed by atoms with Crippen molar-refractivity contribution >= 4 is 17.5 Å². The third-order valence-corrected chi connectivity index (χ3v) is 5.79. The van der Waals surface area contributed by atoms with Gasteiger partial charge in [-0.3, -0.25) is 9.59 Å². The first kappa shape index (κ1) is 21.9. The van der Waals surface area contributed by atoms with Gasteiger partial charge in [0.1, 0.15) is 5.75 Å². The maximum Gasteiger partial charge on any atom is 0.265 e. The van der Waals surface area contributed by atoms with Crippen LogP contribution >= 0.6 is 0 Å². The Bertz CT molecular complexity index is 888. The van der Waals surface area contributed by atoms with Crippen molar-refractivity contribution in [2.75, 3.05) is 5.32 Å². The second kappa shape index (κ2) is 10.3. The Morgan fingerprint density at radius 2 is 1.77 bits per heavy atom. The van der Waals surface area contributed by atoms with E-state index in [9.17, 15) is 9.59 Å². The lowest BCUT2D eigenvalue weighted by atomic mass is 9.95. The molecule has 0 unspecified atom stereocenters. The second-order valence-electron chi connectivity index (χ2n) is 8.10. The summed E-state index contributed by atoms with van der Waals surface area (Å²) in [4.78, 5) is 25.7. The molecule has 160 valence electrons. The molecule has 0 aromatic heterocycles. The molecule has 2 amide bonds. The topological polar surface area (TPSA) is 67.4 Å². The molecule has 0 heterocycles. The molecule has 3 rings (SSSR count). The van der Waals surface area contributed by atoms with E-state index in [0.29, 0.717) is 23.4 Å². The Labute approximate surface area is 179 Å². The maximum absolute atomic E-state index is 12.9. The van der Waals surface area contributed by atoms with E-state index in [4.69, 9.17) is 4.74 Å². The van der Waals surface area contributed by atoms with Gasteiger partial charge in [-0.2, -0.15) is 0 Å². The largest absolute Gasteiger partial charge is 0.481 e. The Morgan fingerprint density at radius 1 is 1.03 bits per heavy atom. The summed E-state index contributed by atoms with van der Waals surface area (Å²) in [5.74, 6) is 0.276. The minimum atomic E-state index is -0.637. The zero-order valence-electron chi connectivity index (χ0n) is 18.2. The summed E-state index contributed by atoms with van der Waals surface area (Å²) in [6.07, 6.45) is 5.45. The van der Waals surface area contributed by atoms with Crippen LogP contribution in [0.5, 0.6) is 5.75 Å². The molecule has 5 nitrogen and oxygen atoms in total. The van der Waals surface area contributed by atoms with Gasteiger partial charge < -0.3 is 15.4 Å². The third kappa shape index (κ3) is 5.62. The van der Waals surface area contributed by atoms with Gasteiger partial charge in [0, 0.05) is 6.04 Å². The molecule has 5 heteroatoms. The molecule has 1 aliphatic rings. The average Bonchev–Trinajstić information content (AvgIpc) is 2.75. The highest BCUT2D eigenvalue weighted by Gasteiger charge is 2.22. The van der Waals surface area contributed by atoms with Crippen LogP contribution in [-0.4, -0.2) is 24.0 Å². The van der Waals surface area contributed by atoms with Crippen LogP contribution in [0, 0.1) is 13.8 Å². The monoisotopic (exact) mass is 408 g/mol. The highest BCUT2D eigenvalue weighted by Crippen LogP contribution is 2.22. The van der Waals surface area contributed by atoms with E-state index in [2.05, 4.69) is 10.6 Å². The van der Waals surface area contributed by atoms with Gasteiger partial charge in [-0.25, -0.2) is 0 Å². The van der Waals surface area contributed by atoms with Gasteiger partial charge in [-0.1, -0.05) is 44.4 Å². The molecule has 0 bridgehead atoms.